The van der Waals surface area contributed by atoms with Crippen LogP contribution in [-0.4, -0.2) is 18.1 Å². The Balaban J connectivity index is 2.00. The zero-order valence-electron chi connectivity index (χ0n) is 12.7. The van der Waals surface area contributed by atoms with Crippen molar-refractivity contribution in [3.63, 3.8) is 0 Å². The van der Waals surface area contributed by atoms with E-state index in [0.717, 1.165) is 5.39 Å². The van der Waals surface area contributed by atoms with E-state index in [1.165, 1.54) is 24.3 Å². The minimum Gasteiger partial charge on any atom is -0.505 e. The highest BCUT2D eigenvalue weighted by molar-refractivity contribution is 7.85. The van der Waals surface area contributed by atoms with Gasteiger partial charge in [0.25, 0.3) is 10.1 Å². The van der Waals surface area contributed by atoms with Crippen molar-refractivity contribution in [2.45, 2.75) is 9.79 Å². The fraction of sp³-hybridized carbons (Fsp3) is 0. The third-order valence-corrected chi connectivity index (χ3v) is 4.70. The highest BCUT2D eigenvalue weighted by atomic mass is 32.2. The molecule has 128 valence electrons. The molecular weight excluding hydrogens is 362 g/mol. The van der Waals surface area contributed by atoms with Gasteiger partial charge in [-0.05, 0) is 53.9 Å². The van der Waals surface area contributed by atoms with E-state index in [-0.39, 0.29) is 16.3 Å². The first-order chi connectivity index (χ1) is 11.8. The molecule has 9 heteroatoms. The van der Waals surface area contributed by atoms with Gasteiger partial charge in [-0.3, -0.25) is 4.55 Å². The number of phenolic OH excluding ortho intramolecular Hbond substituents is 1. The number of benzene rings is 3. The zero-order valence-corrected chi connectivity index (χ0v) is 14.4. The first-order valence-electron chi connectivity index (χ1n) is 6.99. The molecule has 0 aromatic heterocycles. The van der Waals surface area contributed by atoms with Crippen LogP contribution in [0, 0.1) is 0 Å². The monoisotopic (exact) mass is 375 g/mol. The number of anilines is 1. The van der Waals surface area contributed by atoms with Crippen molar-refractivity contribution >= 4 is 50.6 Å². The Morgan fingerprint density at radius 3 is 2.32 bits per heavy atom. The molecule has 25 heavy (non-hydrogen) atoms. The van der Waals surface area contributed by atoms with Gasteiger partial charge in [0.2, 0.25) is 0 Å². The maximum Gasteiger partial charge on any atom is 0.294 e. The van der Waals surface area contributed by atoms with Crippen LogP contribution >= 0.6 is 12.6 Å². The van der Waals surface area contributed by atoms with Crippen LogP contribution in [0.1, 0.15) is 0 Å². The lowest BCUT2D eigenvalue weighted by Gasteiger charge is -2.07. The number of azo groups is 1. The molecule has 3 aromatic carbocycles. The van der Waals surface area contributed by atoms with E-state index in [1.807, 2.05) is 0 Å². The van der Waals surface area contributed by atoms with Gasteiger partial charge in [-0.25, -0.2) is 0 Å². The average Bonchev–Trinajstić information content (AvgIpc) is 2.54. The number of nitrogens with zero attached hydrogens (tertiary/aromatic N) is 2. The lowest BCUT2D eigenvalue weighted by Crippen LogP contribution is -1.96. The summed E-state index contributed by atoms with van der Waals surface area (Å²) in [6.07, 6.45) is 0. The van der Waals surface area contributed by atoms with Gasteiger partial charge >= 0.3 is 0 Å². The lowest BCUT2D eigenvalue weighted by atomic mass is 10.1. The van der Waals surface area contributed by atoms with E-state index in [9.17, 15) is 13.5 Å². The standard InChI is InChI=1S/C16H13N3O4S2/c17-10-1-6-13-9(7-10)8-14(24)15(16(13)20)19-18-11-2-4-12(5-3-11)25(21,22)23/h1-8,20,24H,17H2,(H,21,22,23). The fourth-order valence-electron chi connectivity index (χ4n) is 2.27. The van der Waals surface area contributed by atoms with Gasteiger partial charge in [0, 0.05) is 16.0 Å². The number of hydrogen-bond donors (Lipinski definition) is 4. The van der Waals surface area contributed by atoms with Gasteiger partial charge in [-0.1, -0.05) is 0 Å². The van der Waals surface area contributed by atoms with Gasteiger partial charge < -0.3 is 10.8 Å². The summed E-state index contributed by atoms with van der Waals surface area (Å²) < 4.78 is 31.0. The predicted octanol–water partition coefficient (Wildman–Crippen LogP) is 4.08. The first-order valence-corrected chi connectivity index (χ1v) is 8.88. The summed E-state index contributed by atoms with van der Waals surface area (Å²) in [7, 11) is -4.26. The van der Waals surface area contributed by atoms with Gasteiger partial charge in [-0.2, -0.15) is 13.5 Å². The molecule has 0 saturated carbocycles. The van der Waals surface area contributed by atoms with Crippen molar-refractivity contribution in [3.05, 3.63) is 48.5 Å². The minimum atomic E-state index is -4.26. The Kier molecular flexibility index (Phi) is 4.38. The summed E-state index contributed by atoms with van der Waals surface area (Å²) in [6.45, 7) is 0. The van der Waals surface area contributed by atoms with E-state index < -0.39 is 10.1 Å². The van der Waals surface area contributed by atoms with E-state index in [1.54, 1.807) is 24.3 Å². The van der Waals surface area contributed by atoms with Gasteiger partial charge in [0.05, 0.1) is 10.6 Å². The Morgan fingerprint density at radius 2 is 1.68 bits per heavy atom. The summed E-state index contributed by atoms with van der Waals surface area (Å²) in [5.41, 5.74) is 6.82. The molecule has 0 fully saturated rings. The molecule has 7 nitrogen and oxygen atoms in total. The second-order valence-electron chi connectivity index (χ2n) is 5.24. The number of fused-ring (bicyclic) bond motifs is 1. The van der Waals surface area contributed by atoms with Gasteiger partial charge in [0.15, 0.2) is 5.75 Å². The highest BCUT2D eigenvalue weighted by Crippen LogP contribution is 2.41. The van der Waals surface area contributed by atoms with E-state index in [2.05, 4.69) is 22.9 Å². The zero-order chi connectivity index (χ0) is 18.2. The molecule has 0 heterocycles. The predicted molar refractivity (Wildman–Crippen MR) is 97.7 cm³/mol. The maximum atomic E-state index is 11.0. The quantitative estimate of drug-likeness (QED) is 0.237. The number of rotatable bonds is 3. The van der Waals surface area contributed by atoms with Crippen molar-refractivity contribution < 1.29 is 18.1 Å². The molecule has 0 aliphatic heterocycles. The number of thiol groups is 1. The molecule has 0 saturated heterocycles. The van der Waals surface area contributed by atoms with E-state index in [0.29, 0.717) is 21.7 Å². The summed E-state index contributed by atoms with van der Waals surface area (Å²) in [5.74, 6) is -0.0826. The molecule has 0 spiro atoms. The van der Waals surface area contributed by atoms with Crippen molar-refractivity contribution in [1.82, 2.24) is 0 Å². The van der Waals surface area contributed by atoms with Crippen molar-refractivity contribution in [2.75, 3.05) is 5.73 Å². The summed E-state index contributed by atoms with van der Waals surface area (Å²) in [5, 5.41) is 19.6. The van der Waals surface area contributed by atoms with E-state index in [4.69, 9.17) is 10.3 Å². The molecule has 4 N–H and O–H groups in total. The third kappa shape index (κ3) is 3.58. The maximum absolute atomic E-state index is 11.0. The molecule has 0 bridgehead atoms. The molecule has 0 radical (unpaired) electrons. The topological polar surface area (TPSA) is 125 Å². The third-order valence-electron chi connectivity index (χ3n) is 3.49. The molecular formula is C16H13N3O4S2. The molecule has 3 rings (SSSR count). The van der Waals surface area contributed by atoms with Crippen LogP contribution in [0.3, 0.4) is 0 Å². The number of hydrogen-bond acceptors (Lipinski definition) is 7. The molecule has 3 aromatic rings. The summed E-state index contributed by atoms with van der Waals surface area (Å²) >= 11 is 4.31. The van der Waals surface area contributed by atoms with Crippen LogP contribution in [0.2, 0.25) is 0 Å². The van der Waals surface area contributed by atoms with Crippen LogP contribution in [0.15, 0.2) is 68.6 Å². The Hall–Kier alpha value is -2.62. The number of nitrogen functional groups attached to an aromatic ring is 1. The second-order valence-corrected chi connectivity index (χ2v) is 7.15. The smallest absolute Gasteiger partial charge is 0.294 e. The Morgan fingerprint density at radius 1 is 1.00 bits per heavy atom. The van der Waals surface area contributed by atoms with Crippen LogP contribution in [0.4, 0.5) is 17.1 Å². The van der Waals surface area contributed by atoms with Crippen LogP contribution < -0.4 is 5.73 Å². The second kappa shape index (κ2) is 6.36. The molecule has 0 amide bonds. The number of aromatic hydroxyl groups is 1. The van der Waals surface area contributed by atoms with Crippen LogP contribution in [-0.2, 0) is 10.1 Å². The van der Waals surface area contributed by atoms with Crippen molar-refractivity contribution in [1.29, 1.82) is 0 Å². The average molecular weight is 375 g/mol. The summed E-state index contributed by atoms with van der Waals surface area (Å²) in [6, 6.07) is 11.9. The van der Waals surface area contributed by atoms with Gasteiger partial charge in [0.1, 0.15) is 5.69 Å². The summed E-state index contributed by atoms with van der Waals surface area (Å²) in [4.78, 5) is 0.168. The van der Waals surface area contributed by atoms with Crippen molar-refractivity contribution in [3.8, 4) is 5.75 Å². The largest absolute Gasteiger partial charge is 0.505 e. The Bertz CT molecular complexity index is 1090. The highest BCUT2D eigenvalue weighted by Gasteiger charge is 2.12. The van der Waals surface area contributed by atoms with Crippen LogP contribution in [0.5, 0.6) is 5.75 Å². The molecule has 0 aliphatic rings. The van der Waals surface area contributed by atoms with Crippen LogP contribution in [0.25, 0.3) is 10.8 Å². The normalized spacial score (nSPS) is 12.1. The first kappa shape index (κ1) is 17.2. The van der Waals surface area contributed by atoms with E-state index >= 15 is 0 Å². The fourth-order valence-corrected chi connectivity index (χ4v) is 3.04. The minimum absolute atomic E-state index is 0.0826. The molecule has 0 unspecified atom stereocenters. The van der Waals surface area contributed by atoms with Gasteiger partial charge in [-0.15, -0.1) is 17.7 Å². The number of phenols is 1. The molecule has 0 aliphatic carbocycles. The molecule has 0 atom stereocenters. The number of nitrogens with two attached hydrogens (primary N) is 1. The van der Waals surface area contributed by atoms with Crippen molar-refractivity contribution in [2.24, 2.45) is 10.2 Å². The Labute approximate surface area is 149 Å². The SMILES string of the molecule is Nc1ccc2c(O)c(N=Nc3ccc(S(=O)(=O)O)cc3)c(S)cc2c1. The lowest BCUT2D eigenvalue weighted by molar-refractivity contribution is 0.481.